The third-order valence-electron chi connectivity index (χ3n) is 5.60. The second-order valence-electron chi connectivity index (χ2n) is 7.89. The lowest BCUT2D eigenvalue weighted by Crippen LogP contribution is -2.34. The number of hydrogen-bond acceptors (Lipinski definition) is 4. The molecule has 3 aromatic carbocycles. The van der Waals surface area contributed by atoms with Crippen LogP contribution in [0.5, 0.6) is 5.75 Å². The van der Waals surface area contributed by atoms with Gasteiger partial charge in [-0.25, -0.2) is 8.42 Å². The van der Waals surface area contributed by atoms with Crippen LogP contribution in [0.1, 0.15) is 35.6 Å². The summed E-state index contributed by atoms with van der Waals surface area (Å²) in [4.78, 5) is 12.5. The summed E-state index contributed by atoms with van der Waals surface area (Å²) in [6, 6.07) is 21.4. The fourth-order valence-electron chi connectivity index (χ4n) is 3.89. The molecule has 0 heterocycles. The van der Waals surface area contributed by atoms with Gasteiger partial charge in [0, 0.05) is 0 Å². The van der Waals surface area contributed by atoms with Gasteiger partial charge in [0.05, 0.1) is 16.6 Å². The van der Waals surface area contributed by atoms with E-state index in [4.69, 9.17) is 4.74 Å². The van der Waals surface area contributed by atoms with Crippen molar-refractivity contribution < 1.29 is 17.9 Å². The summed E-state index contributed by atoms with van der Waals surface area (Å²) in [7, 11) is -3.72. The molecule has 0 fully saturated rings. The lowest BCUT2D eigenvalue weighted by atomic mass is 9.88. The molecule has 0 radical (unpaired) electrons. The van der Waals surface area contributed by atoms with E-state index in [9.17, 15) is 13.2 Å². The minimum absolute atomic E-state index is 0.00362. The number of nitrogens with one attached hydrogen (secondary N) is 2. The van der Waals surface area contributed by atoms with Crippen LogP contribution in [0.15, 0.2) is 77.7 Å². The molecule has 3 aromatic rings. The first kappa shape index (κ1) is 21.9. The number of hydrogen-bond donors (Lipinski definition) is 2. The number of rotatable bonds is 7. The van der Waals surface area contributed by atoms with Crippen molar-refractivity contribution in [2.24, 2.45) is 0 Å². The Morgan fingerprint density at radius 3 is 2.50 bits per heavy atom. The predicted octanol–water partition coefficient (Wildman–Crippen LogP) is 4.37. The normalized spacial score (nSPS) is 15.5. The molecule has 1 aliphatic carbocycles. The monoisotopic (exact) mass is 450 g/mol. The molecule has 0 saturated heterocycles. The number of anilines is 1. The van der Waals surface area contributed by atoms with E-state index < -0.39 is 10.0 Å². The third kappa shape index (κ3) is 5.11. The van der Waals surface area contributed by atoms with E-state index in [0.717, 1.165) is 24.8 Å². The molecule has 0 unspecified atom stereocenters. The van der Waals surface area contributed by atoms with Crippen LogP contribution < -0.4 is 14.8 Å². The van der Waals surface area contributed by atoms with Gasteiger partial charge in [-0.1, -0.05) is 42.5 Å². The minimum Gasteiger partial charge on any atom is -0.484 e. The second kappa shape index (κ2) is 9.44. The van der Waals surface area contributed by atoms with Crippen LogP contribution in [-0.2, 0) is 21.2 Å². The number of amides is 1. The summed E-state index contributed by atoms with van der Waals surface area (Å²) in [6.07, 6.45) is 2.98. The second-order valence-corrected chi connectivity index (χ2v) is 9.57. The highest BCUT2D eigenvalue weighted by molar-refractivity contribution is 7.92. The van der Waals surface area contributed by atoms with E-state index in [1.807, 2.05) is 31.2 Å². The average Bonchev–Trinajstić information content (AvgIpc) is 2.80. The lowest BCUT2D eigenvalue weighted by Gasteiger charge is -2.26. The third-order valence-corrected chi connectivity index (χ3v) is 6.98. The van der Waals surface area contributed by atoms with Crippen molar-refractivity contribution in [2.75, 3.05) is 11.3 Å². The van der Waals surface area contributed by atoms with Crippen LogP contribution in [0.4, 0.5) is 5.69 Å². The molecule has 0 aliphatic heterocycles. The molecule has 0 aromatic heterocycles. The Morgan fingerprint density at radius 1 is 1.00 bits per heavy atom. The van der Waals surface area contributed by atoms with Gasteiger partial charge in [-0.2, -0.15) is 0 Å². The lowest BCUT2D eigenvalue weighted by molar-refractivity contribution is -0.124. The van der Waals surface area contributed by atoms with E-state index in [-0.39, 0.29) is 23.5 Å². The van der Waals surface area contributed by atoms with E-state index >= 15 is 0 Å². The van der Waals surface area contributed by atoms with Crippen molar-refractivity contribution in [3.8, 4) is 5.75 Å². The summed E-state index contributed by atoms with van der Waals surface area (Å²) < 4.78 is 33.4. The molecule has 1 aliphatic rings. The standard InChI is InChI=1S/C25H26N2O4S/c1-18-7-2-5-11-23(18)27-32(29,30)21-15-13-20(14-16-21)31-17-25(28)26-24-12-6-9-19-8-3-4-10-22(19)24/h2-5,7-8,10-11,13-16,24,27H,6,9,12,17H2,1H3,(H,26,28)/t24-/m0/s1. The van der Waals surface area contributed by atoms with Gasteiger partial charge in [-0.3, -0.25) is 9.52 Å². The molecule has 4 rings (SSSR count). The Kier molecular flexibility index (Phi) is 6.46. The zero-order valence-corrected chi connectivity index (χ0v) is 18.7. The van der Waals surface area contributed by atoms with Crippen LogP contribution in [0.2, 0.25) is 0 Å². The number of aryl methyl sites for hydroxylation is 2. The highest BCUT2D eigenvalue weighted by Gasteiger charge is 2.21. The molecule has 0 spiro atoms. The van der Waals surface area contributed by atoms with Crippen LogP contribution in [0.3, 0.4) is 0 Å². The molecule has 1 amide bonds. The Hall–Kier alpha value is -3.32. The molecule has 0 saturated carbocycles. The maximum absolute atomic E-state index is 12.6. The van der Waals surface area contributed by atoms with Crippen molar-refractivity contribution in [3.05, 3.63) is 89.5 Å². The van der Waals surface area contributed by atoms with Crippen molar-refractivity contribution >= 4 is 21.6 Å². The van der Waals surface area contributed by atoms with Gasteiger partial charge in [0.25, 0.3) is 15.9 Å². The zero-order valence-electron chi connectivity index (χ0n) is 17.9. The number of benzene rings is 3. The van der Waals surface area contributed by atoms with E-state index in [0.29, 0.717) is 11.4 Å². The van der Waals surface area contributed by atoms with Gasteiger partial charge in [0.1, 0.15) is 5.75 Å². The number of fused-ring (bicyclic) bond motifs is 1. The highest BCUT2D eigenvalue weighted by atomic mass is 32.2. The summed E-state index contributed by atoms with van der Waals surface area (Å²) in [6.45, 7) is 1.71. The fourth-order valence-corrected chi connectivity index (χ4v) is 5.03. The quantitative estimate of drug-likeness (QED) is 0.560. The van der Waals surface area contributed by atoms with Crippen LogP contribution >= 0.6 is 0 Å². The topological polar surface area (TPSA) is 84.5 Å². The predicted molar refractivity (Wildman–Crippen MR) is 124 cm³/mol. The Bertz CT molecular complexity index is 1210. The summed E-state index contributed by atoms with van der Waals surface area (Å²) in [5.74, 6) is 0.226. The molecule has 7 heteroatoms. The highest BCUT2D eigenvalue weighted by Crippen LogP contribution is 2.29. The zero-order chi connectivity index (χ0) is 22.6. The van der Waals surface area contributed by atoms with Crippen molar-refractivity contribution in [3.63, 3.8) is 0 Å². The maximum atomic E-state index is 12.6. The molecular weight excluding hydrogens is 424 g/mol. The Balaban J connectivity index is 1.34. The molecule has 32 heavy (non-hydrogen) atoms. The van der Waals surface area contributed by atoms with Crippen LogP contribution in [0, 0.1) is 6.92 Å². The smallest absolute Gasteiger partial charge is 0.261 e. The summed E-state index contributed by atoms with van der Waals surface area (Å²) in [5.41, 5.74) is 3.82. The first-order chi connectivity index (χ1) is 15.4. The summed E-state index contributed by atoms with van der Waals surface area (Å²) in [5, 5.41) is 3.04. The van der Waals surface area contributed by atoms with E-state index in [2.05, 4.69) is 22.2 Å². The van der Waals surface area contributed by atoms with Gasteiger partial charge in [0.15, 0.2) is 6.61 Å². The van der Waals surface area contributed by atoms with E-state index in [1.165, 1.54) is 23.3 Å². The summed E-state index contributed by atoms with van der Waals surface area (Å²) >= 11 is 0. The first-order valence-corrected chi connectivity index (χ1v) is 12.1. The number of sulfonamides is 1. The van der Waals surface area contributed by atoms with Gasteiger partial charge in [0.2, 0.25) is 0 Å². The number of ether oxygens (including phenoxy) is 1. The fraction of sp³-hybridized carbons (Fsp3) is 0.240. The molecule has 2 N–H and O–H groups in total. The minimum atomic E-state index is -3.72. The van der Waals surface area contributed by atoms with Gasteiger partial charge in [-0.05, 0) is 73.2 Å². The molecule has 6 nitrogen and oxygen atoms in total. The van der Waals surface area contributed by atoms with Crippen LogP contribution in [0.25, 0.3) is 0 Å². The molecule has 1 atom stereocenters. The van der Waals surface area contributed by atoms with E-state index in [1.54, 1.807) is 24.3 Å². The van der Waals surface area contributed by atoms with Gasteiger partial charge in [-0.15, -0.1) is 0 Å². The molecule has 0 bridgehead atoms. The van der Waals surface area contributed by atoms with Crippen molar-refractivity contribution in [1.29, 1.82) is 0 Å². The first-order valence-electron chi connectivity index (χ1n) is 10.6. The SMILES string of the molecule is Cc1ccccc1NS(=O)(=O)c1ccc(OCC(=O)N[C@H]2CCCc3ccccc32)cc1. The van der Waals surface area contributed by atoms with Crippen LogP contribution in [-0.4, -0.2) is 20.9 Å². The maximum Gasteiger partial charge on any atom is 0.261 e. The Labute approximate surface area is 188 Å². The molecule has 166 valence electrons. The van der Waals surface area contributed by atoms with Gasteiger partial charge >= 0.3 is 0 Å². The van der Waals surface area contributed by atoms with Crippen molar-refractivity contribution in [1.82, 2.24) is 5.32 Å². The number of carbonyl (C=O) groups is 1. The van der Waals surface area contributed by atoms with Gasteiger partial charge < -0.3 is 10.1 Å². The Morgan fingerprint density at radius 2 is 1.72 bits per heavy atom. The largest absolute Gasteiger partial charge is 0.484 e. The molecular formula is C25H26N2O4S. The average molecular weight is 451 g/mol. The van der Waals surface area contributed by atoms with Crippen molar-refractivity contribution in [2.45, 2.75) is 37.1 Å². The number of carbonyl (C=O) groups excluding carboxylic acids is 1. The number of para-hydroxylation sites is 1.